The van der Waals surface area contributed by atoms with Crippen LogP contribution >= 0.6 is 0 Å². The minimum atomic E-state index is -0.466. The van der Waals surface area contributed by atoms with Gasteiger partial charge < -0.3 is 5.11 Å². The Morgan fingerprint density at radius 1 is 1.44 bits per heavy atom. The minimum Gasteiger partial charge on any atom is -0.389 e. The normalized spacial score (nSPS) is 13.1. The fourth-order valence-electron chi connectivity index (χ4n) is 0.526. The Morgan fingerprint density at radius 3 is 2.33 bits per heavy atom. The van der Waals surface area contributed by atoms with Gasteiger partial charge in [-0.15, -0.1) is 0 Å². The molecule has 0 radical (unpaired) electrons. The van der Waals surface area contributed by atoms with Crippen LogP contribution in [-0.2, 0) is 0 Å². The van der Waals surface area contributed by atoms with Gasteiger partial charge in [-0.25, -0.2) is 9.97 Å². The van der Waals surface area contributed by atoms with Crippen molar-refractivity contribution in [2.45, 2.75) is 13.0 Å². The van der Waals surface area contributed by atoms with Crippen molar-refractivity contribution in [1.82, 2.24) is 9.97 Å². The van der Waals surface area contributed by atoms with E-state index < -0.39 is 6.10 Å². The van der Waals surface area contributed by atoms with Gasteiger partial charge in [0.25, 0.3) is 0 Å². The molecule has 9 heavy (non-hydrogen) atoms. The van der Waals surface area contributed by atoms with Gasteiger partial charge in [-0.05, 0) is 6.92 Å². The maximum absolute atomic E-state index is 8.94. The zero-order valence-electron chi connectivity index (χ0n) is 5.15. The quantitative estimate of drug-likeness (QED) is 0.594. The van der Waals surface area contributed by atoms with Crippen LogP contribution in [0.2, 0.25) is 0 Å². The molecule has 0 aliphatic rings. The summed E-state index contributed by atoms with van der Waals surface area (Å²) in [7, 11) is 0. The van der Waals surface area contributed by atoms with Crippen LogP contribution in [0, 0.1) is 0 Å². The highest BCUT2D eigenvalue weighted by molar-refractivity contribution is 5.04. The molecule has 0 fully saturated rings. The van der Waals surface area contributed by atoms with Crippen LogP contribution in [0.25, 0.3) is 0 Å². The highest BCUT2D eigenvalue weighted by Gasteiger charge is 1.97. The lowest BCUT2D eigenvalue weighted by Gasteiger charge is -1.99. The third kappa shape index (κ3) is 1.47. The van der Waals surface area contributed by atoms with Crippen molar-refractivity contribution in [3.63, 3.8) is 0 Å². The molecule has 0 bridgehead atoms. The molecule has 48 valence electrons. The lowest BCUT2D eigenvalue weighted by atomic mass is 10.2. The number of nitrogens with zero attached hydrogens (tertiary/aromatic N) is 2. The van der Waals surface area contributed by atoms with Gasteiger partial charge >= 0.3 is 0 Å². The number of aromatic nitrogens is 2. The van der Waals surface area contributed by atoms with Gasteiger partial charge in [-0.1, -0.05) is 0 Å². The van der Waals surface area contributed by atoms with Crippen LogP contribution in [0.4, 0.5) is 0 Å². The molecule has 1 aromatic heterocycles. The van der Waals surface area contributed by atoms with Crippen LogP contribution in [-0.4, -0.2) is 15.1 Å². The van der Waals surface area contributed by atoms with Gasteiger partial charge in [0, 0.05) is 18.0 Å². The standard InChI is InChI=1S/C6H8N2O/c1-5(9)6-2-7-4-8-3-6/h2-5,9H,1H3/t5-/m0/s1. The molecule has 3 nitrogen and oxygen atoms in total. The second-order valence-electron chi connectivity index (χ2n) is 1.85. The number of aliphatic hydroxyl groups excluding tert-OH is 1. The molecule has 1 rings (SSSR count). The second kappa shape index (κ2) is 2.55. The molecule has 0 aliphatic carbocycles. The van der Waals surface area contributed by atoms with E-state index in [4.69, 9.17) is 5.11 Å². The van der Waals surface area contributed by atoms with Gasteiger partial charge in [0.15, 0.2) is 0 Å². The van der Waals surface area contributed by atoms with E-state index in [2.05, 4.69) is 9.97 Å². The SMILES string of the molecule is C[C@H](O)c1cncnc1. The molecule has 1 heterocycles. The van der Waals surface area contributed by atoms with Crippen LogP contribution in [0.1, 0.15) is 18.6 Å². The Kier molecular flexibility index (Phi) is 1.75. The minimum absolute atomic E-state index is 0.466. The van der Waals surface area contributed by atoms with E-state index in [0.29, 0.717) is 0 Å². The summed E-state index contributed by atoms with van der Waals surface area (Å²) in [5.74, 6) is 0. The van der Waals surface area contributed by atoms with E-state index in [9.17, 15) is 0 Å². The van der Waals surface area contributed by atoms with Crippen molar-refractivity contribution in [2.75, 3.05) is 0 Å². The summed E-state index contributed by atoms with van der Waals surface area (Å²) in [4.78, 5) is 7.47. The molecule has 0 aromatic carbocycles. The maximum Gasteiger partial charge on any atom is 0.115 e. The van der Waals surface area contributed by atoms with E-state index in [1.807, 2.05) is 0 Å². The predicted octanol–water partition coefficient (Wildman–Crippen LogP) is 0.530. The zero-order chi connectivity index (χ0) is 6.69. The second-order valence-corrected chi connectivity index (χ2v) is 1.85. The number of rotatable bonds is 1. The predicted molar refractivity (Wildman–Crippen MR) is 32.7 cm³/mol. The third-order valence-electron chi connectivity index (χ3n) is 1.06. The number of hydrogen-bond donors (Lipinski definition) is 1. The first-order chi connectivity index (χ1) is 4.30. The molecule has 1 N–H and O–H groups in total. The summed E-state index contributed by atoms with van der Waals surface area (Å²) in [6.45, 7) is 1.68. The van der Waals surface area contributed by atoms with Gasteiger partial charge in [-0.3, -0.25) is 0 Å². The Bertz CT molecular complexity index is 174. The van der Waals surface area contributed by atoms with Crippen molar-refractivity contribution in [1.29, 1.82) is 0 Å². The Labute approximate surface area is 53.4 Å². The van der Waals surface area contributed by atoms with E-state index in [-0.39, 0.29) is 0 Å². The van der Waals surface area contributed by atoms with Gasteiger partial charge in [0.05, 0.1) is 6.10 Å². The van der Waals surface area contributed by atoms with Crippen LogP contribution in [0.3, 0.4) is 0 Å². The van der Waals surface area contributed by atoms with Gasteiger partial charge in [-0.2, -0.15) is 0 Å². The van der Waals surface area contributed by atoms with Crippen molar-refractivity contribution in [3.8, 4) is 0 Å². The molecule has 1 aromatic rings. The van der Waals surface area contributed by atoms with E-state index in [1.165, 1.54) is 6.33 Å². The van der Waals surface area contributed by atoms with Crippen molar-refractivity contribution in [3.05, 3.63) is 24.3 Å². The Balaban J connectivity index is 2.85. The molecular formula is C6H8N2O. The smallest absolute Gasteiger partial charge is 0.115 e. The molecule has 0 aliphatic heterocycles. The number of aliphatic hydroxyl groups is 1. The van der Waals surface area contributed by atoms with Crippen molar-refractivity contribution >= 4 is 0 Å². The highest BCUT2D eigenvalue weighted by atomic mass is 16.3. The highest BCUT2D eigenvalue weighted by Crippen LogP contribution is 2.05. The first kappa shape index (κ1) is 6.16. The molecule has 0 spiro atoms. The molecule has 3 heteroatoms. The van der Waals surface area contributed by atoms with Crippen LogP contribution in [0.5, 0.6) is 0 Å². The molecular weight excluding hydrogens is 116 g/mol. The number of hydrogen-bond acceptors (Lipinski definition) is 3. The molecule has 0 saturated heterocycles. The average molecular weight is 124 g/mol. The topological polar surface area (TPSA) is 46.0 Å². The summed E-state index contributed by atoms with van der Waals surface area (Å²) < 4.78 is 0. The Hall–Kier alpha value is -0.960. The first-order valence-electron chi connectivity index (χ1n) is 2.73. The van der Waals surface area contributed by atoms with E-state index in [0.717, 1.165) is 5.56 Å². The summed E-state index contributed by atoms with van der Waals surface area (Å²) in [6.07, 6.45) is 4.16. The lowest BCUT2D eigenvalue weighted by molar-refractivity contribution is 0.198. The molecule has 0 amide bonds. The average Bonchev–Trinajstić information content (AvgIpc) is 1.90. The lowest BCUT2D eigenvalue weighted by Crippen LogP contribution is -1.91. The first-order valence-corrected chi connectivity index (χ1v) is 2.73. The van der Waals surface area contributed by atoms with Gasteiger partial charge in [0.2, 0.25) is 0 Å². The largest absolute Gasteiger partial charge is 0.389 e. The van der Waals surface area contributed by atoms with E-state index >= 15 is 0 Å². The van der Waals surface area contributed by atoms with Crippen LogP contribution < -0.4 is 0 Å². The third-order valence-corrected chi connectivity index (χ3v) is 1.06. The summed E-state index contributed by atoms with van der Waals surface area (Å²) in [5.41, 5.74) is 0.748. The molecule has 0 unspecified atom stereocenters. The summed E-state index contributed by atoms with van der Waals surface area (Å²) >= 11 is 0. The Morgan fingerprint density at radius 2 is 2.00 bits per heavy atom. The summed E-state index contributed by atoms with van der Waals surface area (Å²) in [6, 6.07) is 0. The maximum atomic E-state index is 8.94. The fraction of sp³-hybridized carbons (Fsp3) is 0.333. The van der Waals surface area contributed by atoms with Crippen molar-refractivity contribution in [2.24, 2.45) is 0 Å². The summed E-state index contributed by atoms with van der Waals surface area (Å²) in [5, 5.41) is 8.94. The monoisotopic (exact) mass is 124 g/mol. The fourth-order valence-corrected chi connectivity index (χ4v) is 0.526. The van der Waals surface area contributed by atoms with Crippen LogP contribution in [0.15, 0.2) is 18.7 Å². The van der Waals surface area contributed by atoms with E-state index in [1.54, 1.807) is 19.3 Å². The van der Waals surface area contributed by atoms with Crippen molar-refractivity contribution < 1.29 is 5.11 Å². The van der Waals surface area contributed by atoms with Gasteiger partial charge in [0.1, 0.15) is 6.33 Å². The molecule has 1 atom stereocenters. The zero-order valence-corrected chi connectivity index (χ0v) is 5.15. The molecule has 0 saturated carbocycles.